The van der Waals surface area contributed by atoms with Crippen LogP contribution < -0.4 is 10.9 Å². The number of amides is 1. The van der Waals surface area contributed by atoms with E-state index >= 15 is 0 Å². The molecule has 0 bridgehead atoms. The standard InChI is InChI=1S/C26H27N5O2S/c1-17-8-12-20(13-9-17)31-24-22(15-27-31)25(33)30-21(16-34-26(30)29-24)14-23(32)28-18(2)10-11-19-6-4-3-5-7-19/h3-9,12-13,15,18,21H,10-11,14,16H2,1-2H3,(H,28,32). The minimum Gasteiger partial charge on any atom is -0.354 e. The fourth-order valence-corrected chi connectivity index (χ4v) is 5.43. The van der Waals surface area contributed by atoms with Gasteiger partial charge in [0.25, 0.3) is 5.56 Å². The molecular weight excluding hydrogens is 446 g/mol. The first-order valence-corrected chi connectivity index (χ1v) is 12.5. The molecule has 34 heavy (non-hydrogen) atoms. The second-order valence-corrected chi connectivity index (χ2v) is 9.85. The van der Waals surface area contributed by atoms with Crippen molar-refractivity contribution in [3.8, 4) is 5.69 Å². The van der Waals surface area contributed by atoms with E-state index in [-0.39, 0.29) is 30.0 Å². The predicted octanol–water partition coefficient (Wildman–Crippen LogP) is 4.07. The van der Waals surface area contributed by atoms with Gasteiger partial charge in [-0.1, -0.05) is 59.8 Å². The van der Waals surface area contributed by atoms with E-state index in [0.717, 1.165) is 24.1 Å². The average Bonchev–Trinajstić information content (AvgIpc) is 3.44. The summed E-state index contributed by atoms with van der Waals surface area (Å²) in [4.78, 5) is 30.8. The van der Waals surface area contributed by atoms with Gasteiger partial charge in [0.2, 0.25) is 5.91 Å². The van der Waals surface area contributed by atoms with Gasteiger partial charge >= 0.3 is 0 Å². The van der Waals surface area contributed by atoms with Crippen LogP contribution in [0, 0.1) is 6.92 Å². The fourth-order valence-electron chi connectivity index (χ4n) is 4.30. The maximum atomic E-state index is 13.3. The van der Waals surface area contributed by atoms with E-state index in [1.165, 1.54) is 17.3 Å². The molecule has 0 fully saturated rings. The molecule has 5 rings (SSSR count). The first-order chi connectivity index (χ1) is 16.5. The van der Waals surface area contributed by atoms with E-state index in [0.29, 0.717) is 21.9 Å². The molecule has 0 aliphatic carbocycles. The van der Waals surface area contributed by atoms with Crippen LogP contribution in [0.3, 0.4) is 0 Å². The van der Waals surface area contributed by atoms with Crippen molar-refractivity contribution in [2.45, 2.75) is 50.4 Å². The highest BCUT2D eigenvalue weighted by Gasteiger charge is 2.29. The Morgan fingerprint density at radius 2 is 1.94 bits per heavy atom. The summed E-state index contributed by atoms with van der Waals surface area (Å²) in [6.07, 6.45) is 3.61. The minimum atomic E-state index is -0.214. The van der Waals surface area contributed by atoms with Crippen LogP contribution in [0.5, 0.6) is 0 Å². The third-order valence-corrected chi connectivity index (χ3v) is 7.28. The number of nitrogens with one attached hydrogen (secondary N) is 1. The summed E-state index contributed by atoms with van der Waals surface area (Å²) in [6, 6.07) is 18.1. The number of rotatable bonds is 7. The van der Waals surface area contributed by atoms with Crippen LogP contribution in [0.4, 0.5) is 0 Å². The van der Waals surface area contributed by atoms with Crippen LogP contribution in [-0.2, 0) is 11.2 Å². The number of benzene rings is 2. The predicted molar refractivity (Wildman–Crippen MR) is 135 cm³/mol. The van der Waals surface area contributed by atoms with Crippen LogP contribution in [-0.4, -0.2) is 37.0 Å². The molecule has 1 amide bonds. The summed E-state index contributed by atoms with van der Waals surface area (Å²) < 4.78 is 3.37. The second kappa shape index (κ2) is 9.46. The molecule has 2 atom stereocenters. The highest BCUT2D eigenvalue weighted by molar-refractivity contribution is 7.99. The molecule has 0 saturated carbocycles. The van der Waals surface area contributed by atoms with Crippen LogP contribution in [0.2, 0.25) is 0 Å². The third-order valence-electron chi connectivity index (χ3n) is 6.19. The van der Waals surface area contributed by atoms with Crippen molar-refractivity contribution in [3.63, 3.8) is 0 Å². The van der Waals surface area contributed by atoms with Gasteiger partial charge in [-0.3, -0.25) is 14.2 Å². The largest absolute Gasteiger partial charge is 0.354 e. The molecule has 4 aromatic rings. The number of nitrogens with zero attached hydrogens (tertiary/aromatic N) is 4. The first kappa shape index (κ1) is 22.4. The van der Waals surface area contributed by atoms with Gasteiger partial charge in [-0.05, 0) is 44.4 Å². The van der Waals surface area contributed by atoms with Crippen molar-refractivity contribution in [1.82, 2.24) is 24.6 Å². The summed E-state index contributed by atoms with van der Waals surface area (Å²) in [7, 11) is 0. The minimum absolute atomic E-state index is 0.0404. The van der Waals surface area contributed by atoms with Gasteiger partial charge in [0, 0.05) is 18.2 Å². The molecule has 2 aromatic carbocycles. The number of fused-ring (bicyclic) bond motifs is 2. The monoisotopic (exact) mass is 473 g/mol. The van der Waals surface area contributed by atoms with Crippen LogP contribution in [0.25, 0.3) is 16.7 Å². The normalized spacial score (nSPS) is 15.9. The molecule has 0 spiro atoms. The topological polar surface area (TPSA) is 81.8 Å². The number of hydrogen-bond donors (Lipinski definition) is 1. The average molecular weight is 474 g/mol. The van der Waals surface area contributed by atoms with Crippen LogP contribution in [0.1, 0.15) is 36.9 Å². The van der Waals surface area contributed by atoms with Gasteiger partial charge in [-0.25, -0.2) is 9.67 Å². The SMILES string of the molecule is Cc1ccc(-n2ncc3c(=O)n4c(nc32)SCC4CC(=O)NC(C)CCc2ccccc2)cc1. The zero-order valence-corrected chi connectivity index (χ0v) is 20.1. The molecule has 8 heteroatoms. The zero-order valence-electron chi connectivity index (χ0n) is 19.3. The first-order valence-electron chi connectivity index (χ1n) is 11.5. The van der Waals surface area contributed by atoms with Crippen molar-refractivity contribution in [2.75, 3.05) is 5.75 Å². The van der Waals surface area contributed by atoms with E-state index in [9.17, 15) is 9.59 Å². The molecule has 7 nitrogen and oxygen atoms in total. The highest BCUT2D eigenvalue weighted by atomic mass is 32.2. The van der Waals surface area contributed by atoms with E-state index in [1.807, 2.05) is 56.3 Å². The van der Waals surface area contributed by atoms with E-state index in [4.69, 9.17) is 4.98 Å². The number of carbonyl (C=O) groups excluding carboxylic acids is 1. The summed E-state index contributed by atoms with van der Waals surface area (Å²) in [6.45, 7) is 4.05. The Balaban J connectivity index is 1.30. The van der Waals surface area contributed by atoms with E-state index in [1.54, 1.807) is 15.4 Å². The Labute approximate surface area is 202 Å². The van der Waals surface area contributed by atoms with Gasteiger partial charge < -0.3 is 5.32 Å². The smallest absolute Gasteiger partial charge is 0.265 e. The van der Waals surface area contributed by atoms with Gasteiger partial charge in [0.05, 0.1) is 17.9 Å². The molecule has 1 aliphatic rings. The molecule has 1 N–H and O–H groups in total. The Hall–Kier alpha value is -3.39. The Morgan fingerprint density at radius 3 is 2.71 bits per heavy atom. The van der Waals surface area contributed by atoms with Crippen LogP contribution in [0.15, 0.2) is 70.7 Å². The number of aryl methyl sites for hydroxylation is 2. The molecule has 1 aliphatic heterocycles. The lowest BCUT2D eigenvalue weighted by molar-refractivity contribution is -0.122. The Kier molecular flexibility index (Phi) is 6.24. The highest BCUT2D eigenvalue weighted by Crippen LogP contribution is 2.33. The van der Waals surface area contributed by atoms with E-state index < -0.39 is 0 Å². The number of thioether (sulfide) groups is 1. The maximum absolute atomic E-state index is 13.3. The molecule has 0 radical (unpaired) electrons. The fraction of sp³-hybridized carbons (Fsp3) is 0.308. The van der Waals surface area contributed by atoms with Crippen molar-refractivity contribution >= 4 is 28.7 Å². The lowest BCUT2D eigenvalue weighted by Crippen LogP contribution is -2.35. The molecule has 3 heterocycles. The van der Waals surface area contributed by atoms with E-state index in [2.05, 4.69) is 22.5 Å². The summed E-state index contributed by atoms with van der Waals surface area (Å²) in [5.74, 6) is 0.611. The van der Waals surface area contributed by atoms with Gasteiger partial charge in [0.15, 0.2) is 10.8 Å². The zero-order chi connectivity index (χ0) is 23.7. The van der Waals surface area contributed by atoms with Crippen molar-refractivity contribution in [3.05, 3.63) is 82.3 Å². The molecule has 0 saturated heterocycles. The Morgan fingerprint density at radius 1 is 1.18 bits per heavy atom. The molecule has 174 valence electrons. The summed E-state index contributed by atoms with van der Waals surface area (Å²) in [5.41, 5.74) is 3.68. The summed E-state index contributed by atoms with van der Waals surface area (Å²) >= 11 is 1.51. The van der Waals surface area contributed by atoms with Crippen molar-refractivity contribution in [2.24, 2.45) is 0 Å². The lowest BCUT2D eigenvalue weighted by Gasteiger charge is -2.17. The number of hydrogen-bond acceptors (Lipinski definition) is 5. The Bertz CT molecular complexity index is 1380. The quantitative estimate of drug-likeness (QED) is 0.409. The van der Waals surface area contributed by atoms with Gasteiger partial charge in [0.1, 0.15) is 5.39 Å². The summed E-state index contributed by atoms with van der Waals surface area (Å²) in [5, 5.41) is 8.62. The van der Waals surface area contributed by atoms with Gasteiger partial charge in [-0.15, -0.1) is 0 Å². The van der Waals surface area contributed by atoms with Crippen molar-refractivity contribution in [1.29, 1.82) is 0 Å². The number of carbonyl (C=O) groups is 1. The third kappa shape index (κ3) is 4.50. The number of aromatic nitrogens is 4. The second-order valence-electron chi connectivity index (χ2n) is 8.86. The van der Waals surface area contributed by atoms with Crippen LogP contribution >= 0.6 is 11.8 Å². The van der Waals surface area contributed by atoms with Gasteiger partial charge in [-0.2, -0.15) is 5.10 Å². The molecular formula is C26H27N5O2S. The maximum Gasteiger partial charge on any atom is 0.265 e. The molecule has 2 aromatic heterocycles. The molecule has 2 unspecified atom stereocenters. The van der Waals surface area contributed by atoms with Crippen molar-refractivity contribution < 1.29 is 4.79 Å². The lowest BCUT2D eigenvalue weighted by atomic mass is 10.1.